The average molecular weight is 501 g/mol. The van der Waals surface area contributed by atoms with E-state index < -0.39 is 5.97 Å². The van der Waals surface area contributed by atoms with E-state index >= 15 is 0 Å². The maximum Gasteiger partial charge on any atom is 0.337 e. The molecular formula is C30H29ClN2O3. The molecule has 0 radical (unpaired) electrons. The summed E-state index contributed by atoms with van der Waals surface area (Å²) < 4.78 is 0. The summed E-state index contributed by atoms with van der Waals surface area (Å²) in [5.74, 6) is 1.22. The summed E-state index contributed by atoms with van der Waals surface area (Å²) in [6.07, 6.45) is 8.19. The van der Waals surface area contributed by atoms with Gasteiger partial charge in [-0.05, 0) is 116 Å². The molecule has 4 bridgehead atoms. The summed E-state index contributed by atoms with van der Waals surface area (Å²) in [6, 6.07) is 19.9. The van der Waals surface area contributed by atoms with E-state index in [9.17, 15) is 14.7 Å². The van der Waals surface area contributed by atoms with Gasteiger partial charge in [0.25, 0.3) is 5.91 Å². The van der Waals surface area contributed by atoms with Crippen LogP contribution in [0.2, 0.25) is 5.02 Å². The Morgan fingerprint density at radius 2 is 1.47 bits per heavy atom. The van der Waals surface area contributed by atoms with Gasteiger partial charge < -0.3 is 15.7 Å². The molecule has 6 heteroatoms. The van der Waals surface area contributed by atoms with Crippen LogP contribution in [0.3, 0.4) is 0 Å². The highest BCUT2D eigenvalue weighted by molar-refractivity contribution is 6.33. The van der Waals surface area contributed by atoms with Crippen LogP contribution in [-0.2, 0) is 5.41 Å². The van der Waals surface area contributed by atoms with Crippen molar-refractivity contribution >= 4 is 40.5 Å². The monoisotopic (exact) mass is 500 g/mol. The molecule has 4 aliphatic carbocycles. The molecule has 3 aromatic carbocycles. The molecule has 3 N–H and O–H groups in total. The van der Waals surface area contributed by atoms with Crippen LogP contribution in [-0.4, -0.2) is 17.0 Å². The van der Waals surface area contributed by atoms with Gasteiger partial charge in [-0.2, -0.15) is 0 Å². The van der Waals surface area contributed by atoms with Crippen LogP contribution < -0.4 is 10.6 Å². The Bertz CT molecular complexity index is 1300. The SMILES string of the molecule is O=C(Nc1ccccc1C(=O)O)c1ccc(Nc2ccc(C34CC5CC(CC(C5)C3)C4)cc2Cl)cc1. The Kier molecular flexibility index (Phi) is 5.76. The number of carbonyl (C=O) groups excluding carboxylic acids is 1. The number of aromatic carboxylic acids is 1. The fourth-order valence-corrected chi connectivity index (χ4v) is 7.47. The second-order valence-corrected chi connectivity index (χ2v) is 11.3. The molecular weight excluding hydrogens is 472 g/mol. The average Bonchev–Trinajstić information content (AvgIpc) is 2.85. The summed E-state index contributed by atoms with van der Waals surface area (Å²) >= 11 is 6.76. The quantitative estimate of drug-likeness (QED) is 0.327. The molecule has 0 unspecified atom stereocenters. The first-order valence-corrected chi connectivity index (χ1v) is 13.1. The van der Waals surface area contributed by atoms with Gasteiger partial charge in [0.2, 0.25) is 0 Å². The number of anilines is 3. The van der Waals surface area contributed by atoms with Crippen molar-refractivity contribution in [3.63, 3.8) is 0 Å². The minimum absolute atomic E-state index is 0.0516. The largest absolute Gasteiger partial charge is 0.478 e. The van der Waals surface area contributed by atoms with E-state index in [1.165, 1.54) is 50.2 Å². The Hall–Kier alpha value is -3.31. The second-order valence-electron chi connectivity index (χ2n) is 10.9. The van der Waals surface area contributed by atoms with Crippen molar-refractivity contribution in [3.8, 4) is 0 Å². The van der Waals surface area contributed by atoms with Crippen LogP contribution in [0.15, 0.2) is 66.7 Å². The van der Waals surface area contributed by atoms with Crippen LogP contribution in [0.25, 0.3) is 0 Å². The smallest absolute Gasteiger partial charge is 0.337 e. The molecule has 3 aromatic rings. The lowest BCUT2D eigenvalue weighted by molar-refractivity contribution is -0.00518. The number of para-hydroxylation sites is 1. The minimum Gasteiger partial charge on any atom is -0.478 e. The summed E-state index contributed by atoms with van der Waals surface area (Å²) in [5, 5.41) is 16.1. The normalized spacial score (nSPS) is 26.0. The number of carbonyl (C=O) groups is 2. The van der Waals surface area contributed by atoms with E-state index in [2.05, 4.69) is 28.8 Å². The maximum absolute atomic E-state index is 12.7. The molecule has 0 heterocycles. The van der Waals surface area contributed by atoms with Crippen molar-refractivity contribution in [2.45, 2.75) is 43.9 Å². The number of benzene rings is 3. The van der Waals surface area contributed by atoms with Crippen molar-refractivity contribution in [2.24, 2.45) is 17.8 Å². The van der Waals surface area contributed by atoms with E-state index in [-0.39, 0.29) is 17.2 Å². The van der Waals surface area contributed by atoms with Crippen LogP contribution in [0.4, 0.5) is 17.1 Å². The summed E-state index contributed by atoms with van der Waals surface area (Å²) in [4.78, 5) is 24.1. The molecule has 0 aliphatic heterocycles. The molecule has 1 amide bonds. The van der Waals surface area contributed by atoms with Crippen LogP contribution in [0.5, 0.6) is 0 Å². The highest BCUT2D eigenvalue weighted by Gasteiger charge is 2.51. The van der Waals surface area contributed by atoms with E-state index in [1.54, 1.807) is 30.3 Å². The zero-order valence-corrected chi connectivity index (χ0v) is 20.7. The summed E-state index contributed by atoms with van der Waals surface area (Å²) in [5.41, 5.74) is 4.12. The Morgan fingerprint density at radius 1 is 0.833 bits per heavy atom. The molecule has 0 spiro atoms. The summed E-state index contributed by atoms with van der Waals surface area (Å²) in [7, 11) is 0. The number of carboxylic acids is 1. The first-order chi connectivity index (χ1) is 17.4. The number of carboxylic acid groups (broad SMARTS) is 1. The predicted molar refractivity (Wildman–Crippen MR) is 142 cm³/mol. The van der Waals surface area contributed by atoms with E-state index in [0.29, 0.717) is 11.0 Å². The zero-order valence-electron chi connectivity index (χ0n) is 20.0. The Balaban J connectivity index is 1.15. The Labute approximate surface area is 215 Å². The van der Waals surface area contributed by atoms with Crippen molar-refractivity contribution in [1.29, 1.82) is 0 Å². The lowest BCUT2D eigenvalue weighted by atomic mass is 9.48. The molecule has 7 rings (SSSR count). The number of halogens is 1. The van der Waals surface area contributed by atoms with Gasteiger partial charge in [-0.25, -0.2) is 4.79 Å². The fourth-order valence-electron chi connectivity index (χ4n) is 7.24. The molecule has 4 aliphatic rings. The van der Waals surface area contributed by atoms with Gasteiger partial charge in [-0.15, -0.1) is 0 Å². The lowest BCUT2D eigenvalue weighted by Crippen LogP contribution is -2.48. The molecule has 184 valence electrons. The first kappa shape index (κ1) is 23.1. The molecule has 0 aromatic heterocycles. The molecule has 0 saturated heterocycles. The third-order valence-electron chi connectivity index (χ3n) is 8.45. The highest BCUT2D eigenvalue weighted by Crippen LogP contribution is 2.61. The van der Waals surface area contributed by atoms with Gasteiger partial charge in [0.05, 0.1) is 22.0 Å². The number of amides is 1. The van der Waals surface area contributed by atoms with Gasteiger partial charge in [0.1, 0.15) is 0 Å². The number of rotatable bonds is 6. The van der Waals surface area contributed by atoms with Gasteiger partial charge in [-0.1, -0.05) is 29.8 Å². The third kappa shape index (κ3) is 4.26. The topological polar surface area (TPSA) is 78.4 Å². The summed E-state index contributed by atoms with van der Waals surface area (Å²) in [6.45, 7) is 0. The highest BCUT2D eigenvalue weighted by atomic mass is 35.5. The van der Waals surface area contributed by atoms with E-state index in [0.717, 1.165) is 34.2 Å². The van der Waals surface area contributed by atoms with Crippen LogP contribution in [0, 0.1) is 17.8 Å². The van der Waals surface area contributed by atoms with Gasteiger partial charge in [0, 0.05) is 11.3 Å². The van der Waals surface area contributed by atoms with Crippen LogP contribution >= 0.6 is 11.6 Å². The van der Waals surface area contributed by atoms with Gasteiger partial charge >= 0.3 is 5.97 Å². The third-order valence-corrected chi connectivity index (χ3v) is 8.76. The zero-order chi connectivity index (χ0) is 24.9. The first-order valence-electron chi connectivity index (χ1n) is 12.7. The second kappa shape index (κ2) is 8.97. The Morgan fingerprint density at radius 3 is 2.08 bits per heavy atom. The van der Waals surface area contributed by atoms with Gasteiger partial charge in [0.15, 0.2) is 0 Å². The fraction of sp³-hybridized carbons (Fsp3) is 0.333. The molecule has 36 heavy (non-hydrogen) atoms. The van der Waals surface area contributed by atoms with Crippen molar-refractivity contribution in [2.75, 3.05) is 10.6 Å². The molecule has 0 atom stereocenters. The van der Waals surface area contributed by atoms with Crippen molar-refractivity contribution in [3.05, 3.63) is 88.4 Å². The predicted octanol–water partition coefficient (Wildman–Crippen LogP) is 7.50. The van der Waals surface area contributed by atoms with Crippen molar-refractivity contribution < 1.29 is 14.7 Å². The maximum atomic E-state index is 12.7. The van der Waals surface area contributed by atoms with Crippen molar-refractivity contribution in [1.82, 2.24) is 0 Å². The minimum atomic E-state index is -1.09. The standard InChI is InChI=1S/C30H29ClN2O3/c31-25-14-22(30-15-18-11-19(16-30)13-20(12-18)17-30)7-10-27(25)32-23-8-5-21(6-9-23)28(34)33-26-4-2-1-3-24(26)29(35)36/h1-10,14,18-20,32H,11-13,15-17H2,(H,33,34)(H,35,36). The molecule has 5 nitrogen and oxygen atoms in total. The number of nitrogens with one attached hydrogen (secondary N) is 2. The van der Waals surface area contributed by atoms with Gasteiger partial charge in [-0.3, -0.25) is 4.79 Å². The van der Waals surface area contributed by atoms with E-state index in [4.69, 9.17) is 11.6 Å². The van der Waals surface area contributed by atoms with Crippen LogP contribution in [0.1, 0.15) is 64.8 Å². The molecule has 4 saturated carbocycles. The lowest BCUT2D eigenvalue weighted by Gasteiger charge is -2.57. The number of hydrogen-bond acceptors (Lipinski definition) is 3. The molecule has 4 fully saturated rings. The van der Waals surface area contributed by atoms with E-state index in [1.807, 2.05) is 12.1 Å². The number of hydrogen-bond donors (Lipinski definition) is 3.